The summed E-state index contributed by atoms with van der Waals surface area (Å²) in [7, 11) is 1.56. The molecule has 3 aromatic heterocycles. The summed E-state index contributed by atoms with van der Waals surface area (Å²) in [5.41, 5.74) is 0.699. The van der Waals surface area contributed by atoms with Crippen molar-refractivity contribution in [3.63, 3.8) is 0 Å². The average molecular weight is 447 g/mol. The number of aryl methyl sites for hydroxylation is 1. The maximum atomic E-state index is 13.3. The maximum absolute atomic E-state index is 13.3. The SMILES string of the molecule is COc1ccc(C(CC(=O)NCCCc2ccco2)c2c(O)nc3ccccn3c2=O)cc1. The fourth-order valence-electron chi connectivity index (χ4n) is 3.82. The lowest BCUT2D eigenvalue weighted by Gasteiger charge is -2.19. The van der Waals surface area contributed by atoms with Gasteiger partial charge in [0.1, 0.15) is 17.2 Å². The van der Waals surface area contributed by atoms with Gasteiger partial charge in [0.05, 0.1) is 18.9 Å². The van der Waals surface area contributed by atoms with E-state index in [0.29, 0.717) is 29.9 Å². The van der Waals surface area contributed by atoms with Gasteiger partial charge < -0.3 is 19.6 Å². The minimum atomic E-state index is -0.682. The largest absolute Gasteiger partial charge is 0.497 e. The fourth-order valence-corrected chi connectivity index (χ4v) is 3.82. The number of nitrogens with zero attached hydrogens (tertiary/aromatic N) is 2. The number of methoxy groups -OCH3 is 1. The summed E-state index contributed by atoms with van der Waals surface area (Å²) >= 11 is 0. The standard InChI is InChI=1S/C25H25N3O5/c1-32-18-11-9-17(10-12-18)20(16-22(29)26-13-4-6-19-7-5-15-33-19)23-24(30)27-21-8-2-3-14-28(21)25(23)31/h2-3,5,7-12,14-15,20,30H,4,6,13,16H2,1H3,(H,26,29). The van der Waals surface area contributed by atoms with Gasteiger partial charge in [-0.3, -0.25) is 14.0 Å². The Hall–Kier alpha value is -4.07. The van der Waals surface area contributed by atoms with Crippen molar-refractivity contribution >= 4 is 11.6 Å². The number of amides is 1. The number of ether oxygens (including phenoxy) is 1. The molecule has 0 fully saturated rings. The zero-order valence-corrected chi connectivity index (χ0v) is 18.2. The van der Waals surface area contributed by atoms with Crippen molar-refractivity contribution in [3.05, 3.63) is 94.3 Å². The van der Waals surface area contributed by atoms with Gasteiger partial charge in [0.2, 0.25) is 11.8 Å². The highest BCUT2D eigenvalue weighted by Crippen LogP contribution is 2.32. The second-order valence-electron chi connectivity index (χ2n) is 7.65. The number of nitrogens with one attached hydrogen (secondary N) is 1. The van der Waals surface area contributed by atoms with Crippen LogP contribution in [0.2, 0.25) is 0 Å². The number of fused-ring (bicyclic) bond motifs is 1. The fraction of sp³-hybridized carbons (Fsp3) is 0.240. The Bertz CT molecular complexity index is 1280. The molecule has 8 nitrogen and oxygen atoms in total. The molecule has 8 heteroatoms. The van der Waals surface area contributed by atoms with Crippen LogP contribution in [0.15, 0.2) is 76.3 Å². The molecule has 0 aliphatic rings. The molecule has 1 unspecified atom stereocenters. The third-order valence-electron chi connectivity index (χ3n) is 5.51. The summed E-state index contributed by atoms with van der Waals surface area (Å²) in [5.74, 6) is 0.223. The van der Waals surface area contributed by atoms with Gasteiger partial charge in [-0.1, -0.05) is 18.2 Å². The van der Waals surface area contributed by atoms with Crippen molar-refractivity contribution in [3.8, 4) is 11.6 Å². The maximum Gasteiger partial charge on any atom is 0.265 e. The van der Waals surface area contributed by atoms with E-state index in [-0.39, 0.29) is 23.8 Å². The van der Waals surface area contributed by atoms with Gasteiger partial charge in [-0.05, 0) is 48.4 Å². The Balaban J connectivity index is 1.59. The lowest BCUT2D eigenvalue weighted by molar-refractivity contribution is -0.121. The minimum Gasteiger partial charge on any atom is -0.497 e. The highest BCUT2D eigenvalue weighted by molar-refractivity contribution is 5.77. The first-order chi connectivity index (χ1) is 16.1. The van der Waals surface area contributed by atoms with Crippen LogP contribution in [0.5, 0.6) is 11.6 Å². The molecule has 0 bridgehead atoms. The van der Waals surface area contributed by atoms with E-state index in [9.17, 15) is 14.7 Å². The van der Waals surface area contributed by atoms with Gasteiger partial charge >= 0.3 is 0 Å². The summed E-state index contributed by atoms with van der Waals surface area (Å²) in [6, 6.07) is 15.9. The van der Waals surface area contributed by atoms with Gasteiger partial charge in [-0.2, -0.15) is 4.98 Å². The number of pyridine rings is 1. The van der Waals surface area contributed by atoms with E-state index in [4.69, 9.17) is 9.15 Å². The molecule has 33 heavy (non-hydrogen) atoms. The van der Waals surface area contributed by atoms with Crippen molar-refractivity contribution in [2.24, 2.45) is 0 Å². The normalized spacial score (nSPS) is 11.9. The lowest BCUT2D eigenvalue weighted by Crippen LogP contribution is -2.29. The van der Waals surface area contributed by atoms with Crippen molar-refractivity contribution in [1.29, 1.82) is 0 Å². The monoisotopic (exact) mass is 447 g/mol. The number of furan rings is 1. The van der Waals surface area contributed by atoms with Crippen molar-refractivity contribution in [2.45, 2.75) is 25.2 Å². The summed E-state index contributed by atoms with van der Waals surface area (Å²) in [4.78, 5) is 30.2. The highest BCUT2D eigenvalue weighted by Gasteiger charge is 2.26. The predicted molar refractivity (Wildman–Crippen MR) is 123 cm³/mol. The molecule has 4 aromatic rings. The summed E-state index contributed by atoms with van der Waals surface area (Å²) in [6.45, 7) is 0.468. The molecule has 0 spiro atoms. The van der Waals surface area contributed by atoms with Gasteiger partial charge in [-0.15, -0.1) is 0 Å². The van der Waals surface area contributed by atoms with Gasteiger partial charge in [-0.25, -0.2) is 0 Å². The number of rotatable bonds is 9. The first kappa shape index (κ1) is 22.1. The summed E-state index contributed by atoms with van der Waals surface area (Å²) in [5, 5.41) is 13.6. The van der Waals surface area contributed by atoms with Crippen LogP contribution in [0.4, 0.5) is 0 Å². The van der Waals surface area contributed by atoms with E-state index in [1.807, 2.05) is 12.1 Å². The van der Waals surface area contributed by atoms with E-state index >= 15 is 0 Å². The van der Waals surface area contributed by atoms with Gasteiger partial charge in [0, 0.05) is 31.5 Å². The van der Waals surface area contributed by atoms with Crippen LogP contribution in [-0.2, 0) is 11.2 Å². The topological polar surface area (TPSA) is 106 Å². The summed E-state index contributed by atoms with van der Waals surface area (Å²) in [6.07, 6.45) is 4.63. The molecule has 0 saturated heterocycles. The molecule has 4 rings (SSSR count). The Kier molecular flexibility index (Phi) is 6.73. The number of carbonyl (C=O) groups excluding carboxylic acids is 1. The molecule has 1 amide bonds. The smallest absolute Gasteiger partial charge is 0.265 e. The Morgan fingerprint density at radius 1 is 1.18 bits per heavy atom. The lowest BCUT2D eigenvalue weighted by atomic mass is 9.89. The number of aromatic nitrogens is 2. The molecule has 170 valence electrons. The third kappa shape index (κ3) is 5.06. The number of aromatic hydroxyl groups is 1. The van der Waals surface area contributed by atoms with Gasteiger partial charge in [0.15, 0.2) is 0 Å². The molecule has 0 saturated carbocycles. The van der Waals surface area contributed by atoms with E-state index in [1.54, 1.807) is 62.0 Å². The van der Waals surface area contributed by atoms with Crippen LogP contribution in [0, 0.1) is 0 Å². The molecule has 0 radical (unpaired) electrons. The van der Waals surface area contributed by atoms with Crippen molar-refractivity contribution in [2.75, 3.05) is 13.7 Å². The van der Waals surface area contributed by atoms with Gasteiger partial charge in [0.25, 0.3) is 5.56 Å². The van der Waals surface area contributed by atoms with Crippen LogP contribution in [0.25, 0.3) is 5.65 Å². The molecule has 2 N–H and O–H groups in total. The number of hydrogen-bond donors (Lipinski definition) is 2. The third-order valence-corrected chi connectivity index (χ3v) is 5.51. The Morgan fingerprint density at radius 2 is 2.00 bits per heavy atom. The molecular formula is C25H25N3O5. The first-order valence-corrected chi connectivity index (χ1v) is 10.7. The van der Waals surface area contributed by atoms with Crippen molar-refractivity contribution < 1.29 is 19.1 Å². The number of hydrogen-bond acceptors (Lipinski definition) is 6. The first-order valence-electron chi connectivity index (χ1n) is 10.7. The van der Waals surface area contributed by atoms with E-state index < -0.39 is 11.5 Å². The van der Waals surface area contributed by atoms with E-state index in [0.717, 1.165) is 12.2 Å². The zero-order chi connectivity index (χ0) is 23.2. The molecular weight excluding hydrogens is 422 g/mol. The van der Waals surface area contributed by atoms with Crippen LogP contribution >= 0.6 is 0 Å². The molecule has 3 heterocycles. The molecule has 0 aliphatic carbocycles. The minimum absolute atomic E-state index is 0.0174. The van der Waals surface area contributed by atoms with Crippen LogP contribution < -0.4 is 15.6 Å². The highest BCUT2D eigenvalue weighted by atomic mass is 16.5. The second kappa shape index (κ2) is 10.0. The second-order valence-corrected chi connectivity index (χ2v) is 7.65. The Labute approximate surface area is 190 Å². The van der Waals surface area contributed by atoms with E-state index in [2.05, 4.69) is 10.3 Å². The van der Waals surface area contributed by atoms with Crippen molar-refractivity contribution in [1.82, 2.24) is 14.7 Å². The van der Waals surface area contributed by atoms with Crippen LogP contribution in [0.3, 0.4) is 0 Å². The zero-order valence-electron chi connectivity index (χ0n) is 18.2. The predicted octanol–water partition coefficient (Wildman–Crippen LogP) is 3.27. The molecule has 1 aromatic carbocycles. The van der Waals surface area contributed by atoms with E-state index in [1.165, 1.54) is 4.40 Å². The Morgan fingerprint density at radius 3 is 2.73 bits per heavy atom. The average Bonchev–Trinajstić information content (AvgIpc) is 3.35. The van der Waals surface area contributed by atoms with Crippen LogP contribution in [-0.4, -0.2) is 34.1 Å². The van der Waals surface area contributed by atoms with Crippen LogP contribution in [0.1, 0.15) is 35.6 Å². The number of benzene rings is 1. The molecule has 0 aliphatic heterocycles. The molecule has 1 atom stereocenters. The quantitative estimate of drug-likeness (QED) is 0.382. The summed E-state index contributed by atoms with van der Waals surface area (Å²) < 4.78 is 11.9. The number of carbonyl (C=O) groups is 1.